The molecule has 0 fully saturated rings. The summed E-state index contributed by atoms with van der Waals surface area (Å²) in [5.74, 6) is -0.576. The molecule has 0 aliphatic heterocycles. The highest BCUT2D eigenvalue weighted by Crippen LogP contribution is 2.13. The third-order valence-corrected chi connectivity index (χ3v) is 2.87. The van der Waals surface area contributed by atoms with Crippen LogP contribution in [0.3, 0.4) is 0 Å². The molecule has 84 valence electrons. The van der Waals surface area contributed by atoms with Crippen LogP contribution in [0, 0.1) is 0 Å². The number of azide groups is 1. The Morgan fingerprint density at radius 1 is 1.38 bits per heavy atom. The van der Waals surface area contributed by atoms with Crippen molar-refractivity contribution in [1.82, 2.24) is 0 Å². The second-order valence-electron chi connectivity index (χ2n) is 2.66. The number of benzene rings is 1. The first-order valence-corrected chi connectivity index (χ1v) is 5.45. The van der Waals surface area contributed by atoms with Crippen LogP contribution in [-0.2, 0) is 14.8 Å². The molecule has 7 nitrogen and oxygen atoms in total. The van der Waals surface area contributed by atoms with Crippen LogP contribution in [0.2, 0.25) is 0 Å². The van der Waals surface area contributed by atoms with Gasteiger partial charge in [-0.25, -0.2) is 13.2 Å². The molecular weight excluding hydrogens is 234 g/mol. The fraction of sp³-hybridized carbons (Fsp3) is 0.125. The molecule has 1 rings (SSSR count). The number of carbonyl (C=O) groups excluding carboxylic acids is 1. The van der Waals surface area contributed by atoms with Gasteiger partial charge in [-0.1, -0.05) is 0 Å². The van der Waals surface area contributed by atoms with Gasteiger partial charge < -0.3 is 4.74 Å². The Kier molecular flexibility index (Phi) is 3.49. The topological polar surface area (TPSA) is 109 Å². The maximum absolute atomic E-state index is 11.2. The first-order chi connectivity index (χ1) is 7.51. The summed E-state index contributed by atoms with van der Waals surface area (Å²) in [6.07, 6.45) is 0. The molecule has 0 saturated heterocycles. The van der Waals surface area contributed by atoms with Crippen molar-refractivity contribution in [3.63, 3.8) is 0 Å². The molecule has 0 amide bonds. The molecular formula is C8H7N3O4S. The van der Waals surface area contributed by atoms with Gasteiger partial charge in [0.2, 0.25) is 0 Å². The standard InChI is InChI=1S/C8H7N3O4S/c1-15-8(12)6-2-4-7(5-3-6)16(13,14)11-10-9/h2-5H,1H3. The van der Waals surface area contributed by atoms with Crippen molar-refractivity contribution in [3.8, 4) is 0 Å². The predicted octanol–water partition coefficient (Wildman–Crippen LogP) is 1.47. The molecule has 0 aromatic heterocycles. The molecule has 0 aliphatic carbocycles. The van der Waals surface area contributed by atoms with Crippen LogP contribution in [-0.4, -0.2) is 21.5 Å². The van der Waals surface area contributed by atoms with Crippen molar-refractivity contribution in [2.75, 3.05) is 7.11 Å². The minimum atomic E-state index is -4.00. The predicted molar refractivity (Wildman–Crippen MR) is 54.1 cm³/mol. The highest BCUT2D eigenvalue weighted by molar-refractivity contribution is 7.90. The average Bonchev–Trinajstić information content (AvgIpc) is 2.28. The number of hydrogen-bond acceptors (Lipinski definition) is 4. The minimum Gasteiger partial charge on any atom is -0.465 e. The molecule has 0 saturated carbocycles. The molecule has 0 aliphatic rings. The average molecular weight is 241 g/mol. The van der Waals surface area contributed by atoms with E-state index < -0.39 is 16.0 Å². The summed E-state index contributed by atoms with van der Waals surface area (Å²) in [6.45, 7) is 0. The number of esters is 1. The molecule has 1 aromatic carbocycles. The van der Waals surface area contributed by atoms with Crippen molar-refractivity contribution in [1.29, 1.82) is 0 Å². The van der Waals surface area contributed by atoms with Crippen molar-refractivity contribution in [2.45, 2.75) is 4.90 Å². The fourth-order valence-corrected chi connectivity index (χ4v) is 1.65. The van der Waals surface area contributed by atoms with E-state index in [0.29, 0.717) is 0 Å². The van der Waals surface area contributed by atoms with Gasteiger partial charge in [-0.05, 0) is 29.8 Å². The van der Waals surface area contributed by atoms with Crippen LogP contribution in [0.25, 0.3) is 10.4 Å². The van der Waals surface area contributed by atoms with Crippen LogP contribution in [0.1, 0.15) is 10.4 Å². The summed E-state index contributed by atoms with van der Waals surface area (Å²) in [7, 11) is -2.79. The lowest BCUT2D eigenvalue weighted by Gasteiger charge is -2.00. The SMILES string of the molecule is COC(=O)c1ccc(S(=O)(=O)N=[N+]=[N-])cc1. The summed E-state index contributed by atoms with van der Waals surface area (Å²) < 4.78 is 29.6. The molecule has 0 N–H and O–H groups in total. The largest absolute Gasteiger partial charge is 0.465 e. The number of methoxy groups -OCH3 is 1. The zero-order valence-electron chi connectivity index (χ0n) is 8.19. The van der Waals surface area contributed by atoms with Gasteiger partial charge in [0.1, 0.15) is 0 Å². The molecule has 0 spiro atoms. The Bertz CT molecular complexity index is 543. The Labute approximate surface area is 91.3 Å². The van der Waals surface area contributed by atoms with Gasteiger partial charge in [0.15, 0.2) is 0 Å². The first-order valence-electron chi connectivity index (χ1n) is 4.01. The van der Waals surface area contributed by atoms with E-state index in [4.69, 9.17) is 5.53 Å². The minimum absolute atomic E-state index is 0.182. The van der Waals surface area contributed by atoms with E-state index in [1.165, 1.54) is 19.2 Å². The van der Waals surface area contributed by atoms with E-state index in [2.05, 4.69) is 14.2 Å². The van der Waals surface area contributed by atoms with Gasteiger partial charge in [-0.2, -0.15) is 0 Å². The molecule has 0 heterocycles. The maximum atomic E-state index is 11.2. The molecule has 1 aromatic rings. The van der Waals surface area contributed by atoms with E-state index in [-0.39, 0.29) is 10.5 Å². The Morgan fingerprint density at radius 2 is 1.94 bits per heavy atom. The number of rotatable bonds is 3. The third-order valence-electron chi connectivity index (χ3n) is 1.72. The van der Waals surface area contributed by atoms with E-state index >= 15 is 0 Å². The quantitative estimate of drug-likeness (QED) is 0.345. The fourth-order valence-electron chi connectivity index (χ4n) is 0.976. The van der Waals surface area contributed by atoms with Gasteiger partial charge in [-0.3, -0.25) is 0 Å². The number of hydrogen-bond donors (Lipinski definition) is 0. The van der Waals surface area contributed by atoms with Crippen molar-refractivity contribution >= 4 is 16.0 Å². The van der Waals surface area contributed by atoms with Crippen molar-refractivity contribution in [2.24, 2.45) is 4.52 Å². The molecule has 0 atom stereocenters. The Morgan fingerprint density at radius 3 is 2.38 bits per heavy atom. The molecule has 8 heteroatoms. The zero-order chi connectivity index (χ0) is 12.2. The summed E-state index contributed by atoms with van der Waals surface area (Å²) >= 11 is 0. The smallest absolute Gasteiger partial charge is 0.337 e. The Balaban J connectivity index is 3.14. The van der Waals surface area contributed by atoms with Gasteiger partial charge in [0, 0.05) is 9.43 Å². The van der Waals surface area contributed by atoms with Crippen LogP contribution in [0.15, 0.2) is 33.7 Å². The van der Waals surface area contributed by atoms with Crippen molar-refractivity contribution < 1.29 is 17.9 Å². The number of ether oxygens (including phenoxy) is 1. The number of carbonyl (C=O) groups is 1. The van der Waals surface area contributed by atoms with Crippen LogP contribution in [0.4, 0.5) is 0 Å². The molecule has 0 bridgehead atoms. The van der Waals surface area contributed by atoms with Gasteiger partial charge in [0.25, 0.3) is 10.0 Å². The zero-order valence-corrected chi connectivity index (χ0v) is 9.01. The van der Waals surface area contributed by atoms with Crippen molar-refractivity contribution in [3.05, 3.63) is 40.3 Å². The van der Waals surface area contributed by atoms with Crippen LogP contribution < -0.4 is 0 Å². The second-order valence-corrected chi connectivity index (χ2v) is 4.25. The summed E-state index contributed by atoms with van der Waals surface area (Å²) in [5, 5.41) is 0. The monoisotopic (exact) mass is 241 g/mol. The van der Waals surface area contributed by atoms with Crippen LogP contribution >= 0.6 is 0 Å². The molecule has 0 radical (unpaired) electrons. The lowest BCUT2D eigenvalue weighted by molar-refractivity contribution is 0.0600. The number of nitrogens with zero attached hydrogens (tertiary/aromatic N) is 3. The highest BCUT2D eigenvalue weighted by atomic mass is 32.2. The molecule has 0 unspecified atom stereocenters. The maximum Gasteiger partial charge on any atom is 0.337 e. The lowest BCUT2D eigenvalue weighted by Crippen LogP contribution is -2.02. The lowest BCUT2D eigenvalue weighted by atomic mass is 10.2. The first kappa shape index (κ1) is 12.0. The van der Waals surface area contributed by atoms with E-state index in [0.717, 1.165) is 12.1 Å². The second kappa shape index (κ2) is 4.65. The molecule has 16 heavy (non-hydrogen) atoms. The summed E-state index contributed by atoms with van der Waals surface area (Å²) in [4.78, 5) is 13.1. The van der Waals surface area contributed by atoms with E-state index in [1.807, 2.05) is 0 Å². The Hall–Kier alpha value is -2.05. The van der Waals surface area contributed by atoms with E-state index in [1.54, 1.807) is 0 Å². The summed E-state index contributed by atoms with van der Waals surface area (Å²) in [6, 6.07) is 4.86. The van der Waals surface area contributed by atoms with Gasteiger partial charge in [0.05, 0.1) is 17.6 Å². The van der Waals surface area contributed by atoms with E-state index in [9.17, 15) is 13.2 Å². The third kappa shape index (κ3) is 2.50. The van der Waals surface area contributed by atoms with Crippen LogP contribution in [0.5, 0.6) is 0 Å². The highest BCUT2D eigenvalue weighted by Gasteiger charge is 2.13. The normalized spacial score (nSPS) is 10.3. The summed E-state index contributed by atoms with van der Waals surface area (Å²) in [5.41, 5.74) is 8.26. The number of sulfonamides is 1. The van der Waals surface area contributed by atoms with Gasteiger partial charge >= 0.3 is 5.97 Å². The van der Waals surface area contributed by atoms with Gasteiger partial charge in [-0.15, -0.1) is 0 Å².